The van der Waals surface area contributed by atoms with Gasteiger partial charge in [0, 0.05) is 24.0 Å². The number of halogens is 6. The topological polar surface area (TPSA) is 72.9 Å². The molecule has 0 bridgehead atoms. The van der Waals surface area contributed by atoms with Gasteiger partial charge in [0.1, 0.15) is 11.7 Å². The van der Waals surface area contributed by atoms with Crippen LogP contribution in [0.1, 0.15) is 17.0 Å². The molecule has 1 heterocycles. The number of benzene rings is 3. The molecule has 3 aromatic carbocycles. The van der Waals surface area contributed by atoms with Gasteiger partial charge in [-0.3, -0.25) is 4.79 Å². The Bertz CT molecular complexity index is 1440. The van der Waals surface area contributed by atoms with Gasteiger partial charge in [-0.25, -0.2) is 8.78 Å². The zero-order valence-corrected chi connectivity index (χ0v) is 18.3. The van der Waals surface area contributed by atoms with E-state index < -0.39 is 56.5 Å². The number of hydrogen-bond acceptors (Lipinski definition) is 6. The quantitative estimate of drug-likeness (QED) is 0.119. The minimum atomic E-state index is -6.15. The van der Waals surface area contributed by atoms with E-state index in [2.05, 4.69) is 4.18 Å². The molecule has 4 rings (SSSR count). The fourth-order valence-electron chi connectivity index (χ4n) is 3.68. The van der Waals surface area contributed by atoms with Crippen LogP contribution in [0, 0.1) is 17.5 Å². The molecule has 0 aliphatic carbocycles. The summed E-state index contributed by atoms with van der Waals surface area (Å²) in [5, 5.41) is 0. The number of anilines is 2. The summed E-state index contributed by atoms with van der Waals surface area (Å²) < 4.78 is 113. The van der Waals surface area contributed by atoms with E-state index in [1.54, 1.807) is 12.1 Å². The molecule has 0 amide bonds. The van der Waals surface area contributed by atoms with Gasteiger partial charge in [0.25, 0.3) is 0 Å². The summed E-state index contributed by atoms with van der Waals surface area (Å²) in [7, 11) is -4.65. The van der Waals surface area contributed by atoms with E-state index in [0.717, 1.165) is 6.07 Å². The third-order valence-electron chi connectivity index (χ3n) is 5.23. The number of rotatable bonds is 4. The van der Waals surface area contributed by atoms with E-state index in [4.69, 9.17) is 4.74 Å². The summed E-state index contributed by atoms with van der Waals surface area (Å²) in [6.07, 6.45) is 0. The Morgan fingerprint density at radius 2 is 1.54 bits per heavy atom. The molecule has 0 N–H and O–H groups in total. The highest BCUT2D eigenvalue weighted by molar-refractivity contribution is 7.88. The number of fused-ring (bicyclic) bond motifs is 2. The van der Waals surface area contributed by atoms with Crippen LogP contribution in [0.4, 0.5) is 37.7 Å². The van der Waals surface area contributed by atoms with Crippen molar-refractivity contribution in [1.82, 2.24) is 0 Å². The van der Waals surface area contributed by atoms with Crippen molar-refractivity contribution < 1.29 is 48.5 Å². The van der Waals surface area contributed by atoms with E-state index in [0.29, 0.717) is 17.8 Å². The highest BCUT2D eigenvalue weighted by Crippen LogP contribution is 2.49. The summed E-state index contributed by atoms with van der Waals surface area (Å²) in [5.74, 6) is -10.1. The maximum absolute atomic E-state index is 14.1. The Labute approximate surface area is 194 Å². The minimum Gasteiger partial charge on any atom is -0.419 e. The lowest BCUT2D eigenvalue weighted by Gasteiger charge is -2.35. The first-order chi connectivity index (χ1) is 16.3. The molecule has 0 radical (unpaired) electrons. The Morgan fingerprint density at radius 3 is 2.23 bits per heavy atom. The first-order valence-electron chi connectivity index (χ1n) is 9.65. The summed E-state index contributed by atoms with van der Waals surface area (Å²) in [5.41, 5.74) is -5.63. The van der Waals surface area contributed by atoms with Crippen molar-refractivity contribution >= 4 is 27.5 Å². The SMILES string of the molecule is CN1c2ccccc2C(C(=O)Oc2c(F)ccc(F)c2F)c2c(OS(=O)(=O)C(F)(F)F)cccc21. The molecule has 1 unspecified atom stereocenters. The third-order valence-corrected chi connectivity index (χ3v) is 6.19. The number of esters is 1. The normalized spacial score (nSPS) is 15.3. The van der Waals surface area contributed by atoms with Gasteiger partial charge in [-0.2, -0.15) is 26.0 Å². The molecule has 3 aromatic rings. The Kier molecular flexibility index (Phi) is 5.91. The Morgan fingerprint density at radius 1 is 0.914 bits per heavy atom. The van der Waals surface area contributed by atoms with Gasteiger partial charge in [0.15, 0.2) is 11.6 Å². The molecular weight excluding hydrogens is 504 g/mol. The van der Waals surface area contributed by atoms with Crippen LogP contribution in [0.3, 0.4) is 0 Å². The highest BCUT2D eigenvalue weighted by atomic mass is 32.2. The number of carbonyl (C=O) groups is 1. The fraction of sp³-hybridized carbons (Fsp3) is 0.136. The maximum atomic E-state index is 14.1. The van der Waals surface area contributed by atoms with E-state index in [1.165, 1.54) is 36.2 Å². The molecule has 0 saturated heterocycles. The van der Waals surface area contributed by atoms with Crippen LogP contribution >= 0.6 is 0 Å². The van der Waals surface area contributed by atoms with Crippen LogP contribution in [0.5, 0.6) is 11.5 Å². The minimum absolute atomic E-state index is 0.0562. The molecule has 0 spiro atoms. The van der Waals surface area contributed by atoms with Crippen molar-refractivity contribution in [2.75, 3.05) is 11.9 Å². The zero-order valence-electron chi connectivity index (χ0n) is 17.4. The van der Waals surface area contributed by atoms with Crippen molar-refractivity contribution in [3.63, 3.8) is 0 Å². The van der Waals surface area contributed by atoms with Gasteiger partial charge in [-0.15, -0.1) is 0 Å². The van der Waals surface area contributed by atoms with Crippen molar-refractivity contribution in [2.45, 2.75) is 11.4 Å². The van der Waals surface area contributed by atoms with Gasteiger partial charge in [0.2, 0.25) is 11.6 Å². The lowest BCUT2D eigenvalue weighted by atomic mass is 9.84. The van der Waals surface area contributed by atoms with Crippen molar-refractivity contribution in [1.29, 1.82) is 0 Å². The molecule has 0 aromatic heterocycles. The second-order valence-electron chi connectivity index (χ2n) is 7.32. The van der Waals surface area contributed by atoms with Crippen LogP contribution < -0.4 is 13.8 Å². The predicted octanol–water partition coefficient (Wildman–Crippen LogP) is 5.15. The van der Waals surface area contributed by atoms with Gasteiger partial charge in [-0.1, -0.05) is 24.3 Å². The molecule has 6 nitrogen and oxygen atoms in total. The number of alkyl halides is 3. The van der Waals surface area contributed by atoms with E-state index in [-0.39, 0.29) is 16.8 Å². The predicted molar refractivity (Wildman–Crippen MR) is 110 cm³/mol. The molecule has 1 aliphatic rings. The summed E-state index contributed by atoms with van der Waals surface area (Å²) >= 11 is 0. The first kappa shape index (κ1) is 24.4. The van der Waals surface area contributed by atoms with Crippen LogP contribution in [-0.4, -0.2) is 26.9 Å². The second-order valence-corrected chi connectivity index (χ2v) is 8.85. The van der Waals surface area contributed by atoms with Crippen molar-refractivity contribution in [3.05, 3.63) is 83.2 Å². The smallest absolute Gasteiger partial charge is 0.419 e. The van der Waals surface area contributed by atoms with E-state index in [1.807, 2.05) is 0 Å². The molecule has 0 fully saturated rings. The van der Waals surface area contributed by atoms with Crippen LogP contribution in [0.2, 0.25) is 0 Å². The Hall–Kier alpha value is -3.74. The standard InChI is InChI=1S/C22H13F6NO5S/c1-29-14-6-3-2-5-11(14)17(21(30)33-20-13(24)10-9-12(23)19(20)25)18-15(29)7-4-8-16(18)34-35(31,32)22(26,27)28/h2-10,17H,1H3. The summed E-state index contributed by atoms with van der Waals surface area (Å²) in [6, 6.07) is 10.4. The van der Waals surface area contributed by atoms with Crippen molar-refractivity contribution in [2.24, 2.45) is 0 Å². The molecule has 1 aliphatic heterocycles. The number of para-hydroxylation sites is 1. The van der Waals surface area contributed by atoms with E-state index in [9.17, 15) is 39.6 Å². The first-order valence-corrected chi connectivity index (χ1v) is 11.1. The number of hydrogen-bond donors (Lipinski definition) is 0. The average molecular weight is 517 g/mol. The second kappa shape index (κ2) is 8.48. The van der Waals surface area contributed by atoms with Crippen LogP contribution in [0.25, 0.3) is 0 Å². The summed E-state index contributed by atoms with van der Waals surface area (Å²) in [6.45, 7) is 0. The van der Waals surface area contributed by atoms with Gasteiger partial charge in [-0.05, 0) is 35.9 Å². The summed E-state index contributed by atoms with van der Waals surface area (Å²) in [4.78, 5) is 14.7. The number of nitrogens with zero attached hydrogens (tertiary/aromatic N) is 1. The Balaban J connectivity index is 1.90. The number of ether oxygens (including phenoxy) is 1. The molecule has 13 heteroatoms. The zero-order chi connectivity index (χ0) is 25.7. The molecular formula is C22H13F6NO5S. The monoisotopic (exact) mass is 517 g/mol. The lowest BCUT2D eigenvalue weighted by Crippen LogP contribution is -2.32. The van der Waals surface area contributed by atoms with Gasteiger partial charge < -0.3 is 13.8 Å². The fourth-order valence-corrected chi connectivity index (χ4v) is 4.16. The largest absolute Gasteiger partial charge is 0.534 e. The number of carbonyl (C=O) groups excluding carboxylic acids is 1. The molecule has 1 atom stereocenters. The van der Waals surface area contributed by atoms with Gasteiger partial charge >= 0.3 is 21.6 Å². The molecule has 35 heavy (non-hydrogen) atoms. The van der Waals surface area contributed by atoms with Gasteiger partial charge in [0.05, 0.1) is 0 Å². The molecule has 184 valence electrons. The average Bonchev–Trinajstić information content (AvgIpc) is 2.79. The maximum Gasteiger partial charge on any atom is 0.534 e. The lowest BCUT2D eigenvalue weighted by molar-refractivity contribution is -0.135. The van der Waals surface area contributed by atoms with Crippen LogP contribution in [-0.2, 0) is 14.9 Å². The molecule has 0 saturated carbocycles. The van der Waals surface area contributed by atoms with Crippen LogP contribution in [0.15, 0.2) is 54.6 Å². The highest BCUT2D eigenvalue weighted by Gasteiger charge is 2.49. The third kappa shape index (κ3) is 4.16. The van der Waals surface area contributed by atoms with Crippen molar-refractivity contribution in [3.8, 4) is 11.5 Å². The van der Waals surface area contributed by atoms with E-state index >= 15 is 0 Å².